The zero-order valence-electron chi connectivity index (χ0n) is 12.2. The molecule has 1 unspecified atom stereocenters. The van der Waals surface area contributed by atoms with Gasteiger partial charge in [0.1, 0.15) is 0 Å². The molecular weight excluding hydrogens is 286 g/mol. The van der Waals surface area contributed by atoms with Crippen LogP contribution in [0.15, 0.2) is 18.2 Å². The van der Waals surface area contributed by atoms with E-state index in [9.17, 15) is 9.59 Å². The van der Waals surface area contributed by atoms with E-state index in [1.54, 1.807) is 12.1 Å². The highest BCUT2D eigenvalue weighted by Crippen LogP contribution is 2.24. The first-order valence-corrected chi connectivity index (χ1v) is 8.22. The van der Waals surface area contributed by atoms with Gasteiger partial charge in [-0.2, -0.15) is 0 Å². The highest BCUT2D eigenvalue weighted by atomic mass is 32.1. The fraction of sp³-hybridized carbons (Fsp3) is 0.500. The maximum Gasteiger partial charge on any atom is 0.328 e. The van der Waals surface area contributed by atoms with Crippen molar-refractivity contribution in [2.75, 3.05) is 13.1 Å². The Morgan fingerprint density at radius 3 is 2.90 bits per heavy atom. The topological polar surface area (TPSA) is 57.6 Å². The molecule has 1 aromatic rings. The van der Waals surface area contributed by atoms with E-state index in [4.69, 9.17) is 5.11 Å². The molecule has 1 N–H and O–H groups in total. The van der Waals surface area contributed by atoms with Crippen molar-refractivity contribution in [2.24, 2.45) is 5.92 Å². The van der Waals surface area contributed by atoms with Crippen LogP contribution >= 0.6 is 11.3 Å². The van der Waals surface area contributed by atoms with Crippen molar-refractivity contribution in [1.82, 2.24) is 4.90 Å². The predicted octanol–water partition coefficient (Wildman–Crippen LogP) is 3.50. The van der Waals surface area contributed by atoms with Crippen molar-refractivity contribution in [1.29, 1.82) is 0 Å². The normalized spacial score (nSPS) is 19.7. The first-order chi connectivity index (χ1) is 10.1. The van der Waals surface area contributed by atoms with Crippen LogP contribution in [0.1, 0.15) is 47.2 Å². The van der Waals surface area contributed by atoms with Crippen molar-refractivity contribution in [3.05, 3.63) is 28.0 Å². The van der Waals surface area contributed by atoms with Crippen molar-refractivity contribution in [2.45, 2.75) is 32.6 Å². The molecule has 1 atom stereocenters. The number of nitrogens with zero attached hydrogens (tertiary/aromatic N) is 1. The summed E-state index contributed by atoms with van der Waals surface area (Å²) in [5.41, 5.74) is 0. The number of likely N-dealkylation sites (tertiary alicyclic amines) is 1. The SMILES string of the molecule is CCC1CCCN(C(=O)c2ccc(C=CC(=O)O)s2)CC1. The zero-order valence-corrected chi connectivity index (χ0v) is 13.1. The quantitative estimate of drug-likeness (QED) is 0.866. The van der Waals surface area contributed by atoms with Crippen LogP contribution in [0.25, 0.3) is 6.08 Å². The summed E-state index contributed by atoms with van der Waals surface area (Å²) in [4.78, 5) is 26.4. The summed E-state index contributed by atoms with van der Waals surface area (Å²) in [6.45, 7) is 3.87. The molecule has 21 heavy (non-hydrogen) atoms. The van der Waals surface area contributed by atoms with Crippen molar-refractivity contribution >= 4 is 29.3 Å². The molecular formula is C16H21NO3S. The molecule has 0 spiro atoms. The number of hydrogen-bond donors (Lipinski definition) is 1. The number of thiophene rings is 1. The Balaban J connectivity index is 2.01. The summed E-state index contributed by atoms with van der Waals surface area (Å²) < 4.78 is 0. The maximum atomic E-state index is 12.5. The second kappa shape index (κ2) is 7.41. The third kappa shape index (κ3) is 4.43. The first kappa shape index (κ1) is 15.8. The Hall–Kier alpha value is -1.62. The number of carbonyl (C=O) groups excluding carboxylic acids is 1. The molecule has 114 valence electrons. The summed E-state index contributed by atoms with van der Waals surface area (Å²) in [6, 6.07) is 3.58. The van der Waals surface area contributed by atoms with Crippen LogP contribution in [0, 0.1) is 5.92 Å². The van der Waals surface area contributed by atoms with Crippen LogP contribution in [0.2, 0.25) is 0 Å². The van der Waals surface area contributed by atoms with E-state index in [1.807, 2.05) is 4.90 Å². The van der Waals surface area contributed by atoms with Gasteiger partial charge in [0.15, 0.2) is 0 Å². The van der Waals surface area contributed by atoms with E-state index >= 15 is 0 Å². The highest BCUT2D eigenvalue weighted by Gasteiger charge is 2.21. The third-order valence-electron chi connectivity index (χ3n) is 3.94. The van der Waals surface area contributed by atoms with E-state index in [0.717, 1.165) is 42.8 Å². The molecule has 2 rings (SSSR count). The van der Waals surface area contributed by atoms with Crippen molar-refractivity contribution in [3.8, 4) is 0 Å². The number of carboxylic acids is 1. The average molecular weight is 307 g/mol. The molecule has 1 amide bonds. The van der Waals surface area contributed by atoms with E-state index < -0.39 is 5.97 Å². The van der Waals surface area contributed by atoms with Crippen LogP contribution in [0.3, 0.4) is 0 Å². The summed E-state index contributed by atoms with van der Waals surface area (Å²) in [5.74, 6) is -0.165. The van der Waals surface area contributed by atoms with Gasteiger partial charge in [0.05, 0.1) is 4.88 Å². The maximum absolute atomic E-state index is 12.5. The minimum Gasteiger partial charge on any atom is -0.478 e. The van der Waals surface area contributed by atoms with Gasteiger partial charge in [-0.1, -0.05) is 13.3 Å². The van der Waals surface area contributed by atoms with Gasteiger partial charge in [-0.05, 0) is 43.4 Å². The lowest BCUT2D eigenvalue weighted by molar-refractivity contribution is -0.131. The molecule has 4 nitrogen and oxygen atoms in total. The molecule has 0 aliphatic carbocycles. The smallest absolute Gasteiger partial charge is 0.328 e. The lowest BCUT2D eigenvalue weighted by Crippen LogP contribution is -2.31. The van der Waals surface area contributed by atoms with Gasteiger partial charge >= 0.3 is 5.97 Å². The molecule has 1 saturated heterocycles. The number of carboxylic acid groups (broad SMARTS) is 1. The highest BCUT2D eigenvalue weighted by molar-refractivity contribution is 7.14. The van der Waals surface area contributed by atoms with Crippen LogP contribution in [0.5, 0.6) is 0 Å². The van der Waals surface area contributed by atoms with E-state index in [1.165, 1.54) is 30.3 Å². The van der Waals surface area contributed by atoms with E-state index in [0.29, 0.717) is 4.88 Å². The van der Waals surface area contributed by atoms with Gasteiger partial charge in [0, 0.05) is 24.0 Å². The molecule has 0 saturated carbocycles. The Morgan fingerprint density at radius 2 is 2.19 bits per heavy atom. The summed E-state index contributed by atoms with van der Waals surface area (Å²) in [5, 5.41) is 8.62. The van der Waals surface area contributed by atoms with E-state index in [2.05, 4.69) is 6.92 Å². The molecule has 0 aromatic carbocycles. The van der Waals surface area contributed by atoms with Crippen LogP contribution < -0.4 is 0 Å². The number of aliphatic carboxylic acids is 1. The summed E-state index contributed by atoms with van der Waals surface area (Å²) in [6.07, 6.45) is 7.17. The van der Waals surface area contributed by atoms with Gasteiger partial charge in [0.2, 0.25) is 0 Å². The minimum atomic E-state index is -0.977. The predicted molar refractivity (Wildman–Crippen MR) is 84.5 cm³/mol. The lowest BCUT2D eigenvalue weighted by Gasteiger charge is -2.19. The summed E-state index contributed by atoms with van der Waals surface area (Å²) in [7, 11) is 0. The Bertz CT molecular complexity index is 535. The zero-order chi connectivity index (χ0) is 15.2. The second-order valence-corrected chi connectivity index (χ2v) is 6.49. The van der Waals surface area contributed by atoms with Gasteiger partial charge in [-0.25, -0.2) is 4.79 Å². The van der Waals surface area contributed by atoms with Crippen LogP contribution in [-0.2, 0) is 4.79 Å². The molecule has 1 aliphatic rings. The van der Waals surface area contributed by atoms with Gasteiger partial charge < -0.3 is 10.0 Å². The number of hydrogen-bond acceptors (Lipinski definition) is 3. The first-order valence-electron chi connectivity index (χ1n) is 7.40. The van der Waals surface area contributed by atoms with Gasteiger partial charge in [-0.3, -0.25) is 4.79 Å². The fourth-order valence-electron chi connectivity index (χ4n) is 2.64. The molecule has 1 fully saturated rings. The molecule has 1 aliphatic heterocycles. The summed E-state index contributed by atoms with van der Waals surface area (Å²) >= 11 is 1.35. The minimum absolute atomic E-state index is 0.0757. The third-order valence-corrected chi connectivity index (χ3v) is 4.98. The molecule has 0 bridgehead atoms. The molecule has 1 aromatic heterocycles. The Kier molecular flexibility index (Phi) is 5.56. The number of amides is 1. The van der Waals surface area contributed by atoms with Crippen molar-refractivity contribution < 1.29 is 14.7 Å². The molecule has 0 radical (unpaired) electrons. The standard InChI is InChI=1S/C16H21NO3S/c1-2-12-4-3-10-17(11-9-12)16(20)14-7-5-13(21-14)6-8-15(18)19/h5-8,12H,2-4,9-11H2,1H3,(H,18,19). The monoisotopic (exact) mass is 307 g/mol. The van der Waals surface area contributed by atoms with Gasteiger partial charge in [-0.15, -0.1) is 11.3 Å². The number of rotatable bonds is 4. The lowest BCUT2D eigenvalue weighted by atomic mass is 9.98. The second-order valence-electron chi connectivity index (χ2n) is 5.37. The Labute approximate surface area is 129 Å². The Morgan fingerprint density at radius 1 is 1.38 bits per heavy atom. The van der Waals surface area contributed by atoms with E-state index in [-0.39, 0.29) is 5.91 Å². The molecule has 2 heterocycles. The van der Waals surface area contributed by atoms with Gasteiger partial charge in [0.25, 0.3) is 5.91 Å². The average Bonchev–Trinajstić information content (AvgIpc) is 2.81. The van der Waals surface area contributed by atoms with Crippen LogP contribution in [0.4, 0.5) is 0 Å². The van der Waals surface area contributed by atoms with Crippen molar-refractivity contribution in [3.63, 3.8) is 0 Å². The van der Waals surface area contributed by atoms with Crippen LogP contribution in [-0.4, -0.2) is 35.0 Å². The largest absolute Gasteiger partial charge is 0.478 e. The fourth-order valence-corrected chi connectivity index (χ4v) is 3.52. The number of carbonyl (C=O) groups is 2. The molecule has 5 heteroatoms.